The molecule has 0 aliphatic rings. The van der Waals surface area contributed by atoms with Gasteiger partial charge in [0.2, 0.25) is 5.91 Å². The number of carbonyl (C=O) groups excluding carboxylic acids is 1. The fraction of sp³-hybridized carbons (Fsp3) is 0.136. The van der Waals surface area contributed by atoms with Crippen molar-refractivity contribution in [1.82, 2.24) is 4.57 Å². The van der Waals surface area contributed by atoms with Crippen LogP contribution in [0.5, 0.6) is 5.75 Å². The van der Waals surface area contributed by atoms with E-state index in [2.05, 4.69) is 10.8 Å². The molecule has 0 saturated heterocycles. The van der Waals surface area contributed by atoms with E-state index in [1.807, 2.05) is 0 Å². The van der Waals surface area contributed by atoms with Crippen LogP contribution in [0.3, 0.4) is 0 Å². The van der Waals surface area contributed by atoms with E-state index >= 15 is 0 Å². The summed E-state index contributed by atoms with van der Waals surface area (Å²) in [5.74, 6) is -1.18. The van der Waals surface area contributed by atoms with E-state index in [9.17, 15) is 31.1 Å². The van der Waals surface area contributed by atoms with E-state index in [1.54, 1.807) is 12.1 Å². The molecule has 1 aromatic heterocycles. The van der Waals surface area contributed by atoms with Gasteiger partial charge in [0.05, 0.1) is 16.6 Å². The largest absolute Gasteiger partial charge is 0.573 e. The number of amides is 1. The fourth-order valence-electron chi connectivity index (χ4n) is 3.57. The molecule has 10 heteroatoms. The first-order valence-electron chi connectivity index (χ1n) is 9.12. The van der Waals surface area contributed by atoms with Crippen LogP contribution in [0.15, 0.2) is 54.6 Å². The summed E-state index contributed by atoms with van der Waals surface area (Å²) < 4.78 is 82.4. The summed E-state index contributed by atoms with van der Waals surface area (Å²) >= 11 is 0. The average molecular weight is 451 g/mol. The van der Waals surface area contributed by atoms with Crippen LogP contribution in [0, 0.1) is 6.07 Å². The van der Waals surface area contributed by atoms with Crippen molar-refractivity contribution in [3.63, 3.8) is 0 Å². The van der Waals surface area contributed by atoms with Crippen LogP contribution in [0.1, 0.15) is 21.5 Å². The standard InChI is InChI=1S/C22H13F6N2O2/c23-21(24,25)13-6-9-15-18(10-13)30(17-3-1-2-16(19(15)17)20(29)31)11-12-4-7-14(8-5-12)32-22(26,27)28/h1-8,10H,11H2,(H2,29,31). The number of fused-ring (bicyclic) bond motifs is 3. The number of hydrogen-bond acceptors (Lipinski definition) is 2. The first-order valence-corrected chi connectivity index (χ1v) is 9.12. The van der Waals surface area contributed by atoms with Gasteiger partial charge < -0.3 is 15.0 Å². The molecule has 4 rings (SSSR count). The molecule has 3 aromatic carbocycles. The Morgan fingerprint density at radius 3 is 2.28 bits per heavy atom. The number of hydrogen-bond donors (Lipinski definition) is 1. The molecule has 1 amide bonds. The highest BCUT2D eigenvalue weighted by atomic mass is 19.4. The number of benzene rings is 3. The fourth-order valence-corrected chi connectivity index (χ4v) is 3.57. The quantitative estimate of drug-likeness (QED) is 0.407. The number of rotatable bonds is 4. The summed E-state index contributed by atoms with van der Waals surface area (Å²) in [4.78, 5) is 11.9. The number of aromatic nitrogens is 1. The van der Waals surface area contributed by atoms with Gasteiger partial charge in [-0.25, -0.2) is 0 Å². The molecule has 0 atom stereocenters. The maximum Gasteiger partial charge on any atom is 0.573 e. The number of halogens is 6. The second-order valence-corrected chi connectivity index (χ2v) is 6.99. The second kappa shape index (κ2) is 7.47. The number of carbonyl (C=O) groups is 1. The zero-order valence-electron chi connectivity index (χ0n) is 16.0. The average Bonchev–Trinajstić information content (AvgIpc) is 3.01. The number of primary amides is 1. The lowest BCUT2D eigenvalue weighted by molar-refractivity contribution is -0.274. The lowest BCUT2D eigenvalue weighted by Gasteiger charge is -2.12. The summed E-state index contributed by atoms with van der Waals surface area (Å²) in [6.45, 7) is 0.0175. The molecule has 165 valence electrons. The van der Waals surface area contributed by atoms with Gasteiger partial charge in [0.25, 0.3) is 0 Å². The van der Waals surface area contributed by atoms with Gasteiger partial charge in [0.15, 0.2) is 0 Å². The minimum Gasteiger partial charge on any atom is -0.406 e. The van der Waals surface area contributed by atoms with E-state index in [-0.39, 0.29) is 23.0 Å². The third kappa shape index (κ3) is 4.08. The second-order valence-electron chi connectivity index (χ2n) is 6.99. The molecule has 4 aromatic rings. The first kappa shape index (κ1) is 21.5. The Morgan fingerprint density at radius 1 is 1.00 bits per heavy atom. The van der Waals surface area contributed by atoms with Crippen molar-refractivity contribution >= 4 is 27.7 Å². The monoisotopic (exact) mass is 451 g/mol. The van der Waals surface area contributed by atoms with Crippen LogP contribution in [0.2, 0.25) is 0 Å². The van der Waals surface area contributed by atoms with Crippen LogP contribution in [-0.2, 0) is 12.7 Å². The molecule has 2 N–H and O–H groups in total. The lowest BCUT2D eigenvalue weighted by Crippen LogP contribution is -2.17. The SMILES string of the molecule is NC(=O)c1cccc2c1c1[c]cc(C(F)(F)F)cc1n2Cc1ccc(OC(F)(F)F)cc1. The minimum absolute atomic E-state index is 0.0175. The van der Waals surface area contributed by atoms with Crippen molar-refractivity contribution in [2.45, 2.75) is 19.1 Å². The highest BCUT2D eigenvalue weighted by Crippen LogP contribution is 2.37. The molecular formula is C22H13F6N2O2. The van der Waals surface area contributed by atoms with Crippen molar-refractivity contribution in [1.29, 1.82) is 0 Å². The number of nitrogens with zero attached hydrogens (tertiary/aromatic N) is 1. The molecule has 32 heavy (non-hydrogen) atoms. The molecule has 0 fully saturated rings. The van der Waals surface area contributed by atoms with Crippen LogP contribution < -0.4 is 10.5 Å². The molecule has 4 nitrogen and oxygen atoms in total. The highest BCUT2D eigenvalue weighted by molar-refractivity contribution is 6.17. The van der Waals surface area contributed by atoms with Crippen LogP contribution in [0.25, 0.3) is 21.8 Å². The Morgan fingerprint density at radius 2 is 1.69 bits per heavy atom. The molecular weight excluding hydrogens is 438 g/mol. The number of nitrogens with two attached hydrogens (primary N) is 1. The lowest BCUT2D eigenvalue weighted by atomic mass is 10.0. The highest BCUT2D eigenvalue weighted by Gasteiger charge is 2.32. The van der Waals surface area contributed by atoms with Gasteiger partial charge >= 0.3 is 12.5 Å². The third-order valence-electron chi connectivity index (χ3n) is 4.88. The zero-order valence-corrected chi connectivity index (χ0v) is 16.0. The predicted octanol–water partition coefficient (Wildman–Crippen LogP) is 5.66. The van der Waals surface area contributed by atoms with Crippen molar-refractivity contribution in [3.8, 4) is 5.75 Å². The Bertz CT molecular complexity index is 1320. The van der Waals surface area contributed by atoms with Crippen molar-refractivity contribution in [3.05, 3.63) is 77.4 Å². The van der Waals surface area contributed by atoms with E-state index in [4.69, 9.17) is 5.73 Å². The van der Waals surface area contributed by atoms with Gasteiger partial charge in [-0.15, -0.1) is 13.2 Å². The van der Waals surface area contributed by atoms with Gasteiger partial charge in [0.1, 0.15) is 5.75 Å². The summed E-state index contributed by atoms with van der Waals surface area (Å²) in [7, 11) is 0. The van der Waals surface area contributed by atoms with Crippen molar-refractivity contribution in [2.75, 3.05) is 0 Å². The van der Waals surface area contributed by atoms with E-state index < -0.39 is 29.8 Å². The summed E-state index contributed by atoms with van der Waals surface area (Å²) in [5.41, 5.74) is 5.73. The first-order chi connectivity index (χ1) is 14.9. The zero-order chi connectivity index (χ0) is 23.3. The Balaban J connectivity index is 1.88. The molecule has 0 unspecified atom stereocenters. The van der Waals surface area contributed by atoms with Gasteiger partial charge in [-0.3, -0.25) is 4.79 Å². The minimum atomic E-state index is -4.84. The molecule has 0 aliphatic carbocycles. The summed E-state index contributed by atoms with van der Waals surface area (Å²) in [6, 6.07) is 13.9. The van der Waals surface area contributed by atoms with E-state index in [0.29, 0.717) is 16.5 Å². The topological polar surface area (TPSA) is 57.2 Å². The van der Waals surface area contributed by atoms with Gasteiger partial charge in [-0.05, 0) is 48.0 Å². The van der Waals surface area contributed by atoms with Crippen LogP contribution in [0.4, 0.5) is 26.3 Å². The van der Waals surface area contributed by atoms with Crippen LogP contribution >= 0.6 is 0 Å². The van der Waals surface area contributed by atoms with Crippen molar-refractivity contribution < 1.29 is 35.9 Å². The molecule has 0 saturated carbocycles. The third-order valence-corrected chi connectivity index (χ3v) is 4.88. The van der Waals surface area contributed by atoms with Gasteiger partial charge in [-0.1, -0.05) is 18.2 Å². The maximum atomic E-state index is 13.3. The Kier molecular flexibility index (Phi) is 5.03. The molecule has 1 radical (unpaired) electrons. The van der Waals surface area contributed by atoms with Crippen molar-refractivity contribution in [2.24, 2.45) is 5.73 Å². The van der Waals surface area contributed by atoms with Gasteiger partial charge in [-0.2, -0.15) is 13.2 Å². The maximum absolute atomic E-state index is 13.3. The number of ether oxygens (including phenoxy) is 1. The summed E-state index contributed by atoms with van der Waals surface area (Å²) in [6.07, 6.45) is -9.46. The normalized spacial score (nSPS) is 12.4. The molecule has 1 heterocycles. The molecule has 0 spiro atoms. The molecule has 0 aliphatic heterocycles. The number of alkyl halides is 6. The van der Waals surface area contributed by atoms with Crippen LogP contribution in [-0.4, -0.2) is 16.8 Å². The van der Waals surface area contributed by atoms with E-state index in [1.165, 1.54) is 22.8 Å². The Labute approximate surface area is 176 Å². The van der Waals surface area contributed by atoms with Gasteiger partial charge in [0, 0.05) is 22.9 Å². The predicted molar refractivity (Wildman–Crippen MR) is 104 cm³/mol. The Hall–Kier alpha value is -3.69. The summed E-state index contributed by atoms with van der Waals surface area (Å²) in [5, 5.41) is 0.625. The van der Waals surface area contributed by atoms with E-state index in [0.717, 1.165) is 24.3 Å². The molecule has 0 bridgehead atoms. The smallest absolute Gasteiger partial charge is 0.406 e.